The Morgan fingerprint density at radius 1 is 1.32 bits per heavy atom. The minimum absolute atomic E-state index is 0. The molecule has 2 N–H and O–H groups in total. The van der Waals surface area contributed by atoms with Crippen LogP contribution in [0.25, 0.3) is 0 Å². The maximum atomic E-state index is 4.33. The number of aromatic amines is 1. The van der Waals surface area contributed by atoms with E-state index in [0.717, 1.165) is 31.9 Å². The first-order chi connectivity index (χ1) is 10.4. The van der Waals surface area contributed by atoms with E-state index in [1.165, 1.54) is 36.2 Å². The Bertz CT molecular complexity index is 613. The maximum Gasteiger partial charge on any atom is 0.137 e. The molecule has 0 radical (unpaired) electrons. The van der Waals surface area contributed by atoms with Gasteiger partial charge in [0.15, 0.2) is 0 Å². The number of fused-ring (bicyclic) bond motifs is 1. The van der Waals surface area contributed by atoms with Crippen molar-refractivity contribution in [2.45, 2.75) is 31.7 Å². The van der Waals surface area contributed by atoms with Crippen LogP contribution >= 0.6 is 12.4 Å². The van der Waals surface area contributed by atoms with Gasteiger partial charge in [-0.05, 0) is 36.9 Å². The molecule has 1 atom stereocenters. The average Bonchev–Trinajstić information content (AvgIpc) is 3.20. The number of benzene rings is 1. The van der Waals surface area contributed by atoms with Crippen LogP contribution in [-0.4, -0.2) is 39.7 Å². The summed E-state index contributed by atoms with van der Waals surface area (Å²) >= 11 is 0. The van der Waals surface area contributed by atoms with Crippen molar-refractivity contribution < 1.29 is 0 Å². The molecule has 1 saturated heterocycles. The van der Waals surface area contributed by atoms with Crippen LogP contribution < -0.4 is 5.32 Å². The zero-order valence-corrected chi connectivity index (χ0v) is 13.4. The van der Waals surface area contributed by atoms with Gasteiger partial charge in [-0.2, -0.15) is 5.10 Å². The lowest BCUT2D eigenvalue weighted by atomic mass is 9.96. The number of likely N-dealkylation sites (tertiary alicyclic amines) is 1. The van der Waals surface area contributed by atoms with Gasteiger partial charge in [-0.3, -0.25) is 10.00 Å². The minimum Gasteiger partial charge on any atom is -0.384 e. The molecule has 0 amide bonds. The van der Waals surface area contributed by atoms with E-state index in [0.29, 0.717) is 5.92 Å². The average molecular weight is 320 g/mol. The van der Waals surface area contributed by atoms with Crippen LogP contribution in [-0.2, 0) is 13.0 Å². The normalized spacial score (nSPS) is 21.0. The van der Waals surface area contributed by atoms with E-state index in [2.05, 4.69) is 43.6 Å². The molecule has 4 rings (SSSR count). The number of anilines is 1. The number of nitrogens with one attached hydrogen (secondary N) is 2. The predicted octanol–water partition coefficient (Wildman–Crippen LogP) is 2.57. The molecule has 22 heavy (non-hydrogen) atoms. The molecule has 1 unspecified atom stereocenters. The summed E-state index contributed by atoms with van der Waals surface area (Å²) in [5, 5.41) is 10.6. The molecule has 118 valence electrons. The van der Waals surface area contributed by atoms with Crippen LogP contribution in [0.5, 0.6) is 0 Å². The number of halogens is 1. The number of H-pyrrole nitrogens is 1. The third-order valence-corrected chi connectivity index (χ3v) is 4.65. The second kappa shape index (κ2) is 6.67. The second-order valence-electron chi connectivity index (χ2n) is 6.07. The molecule has 0 saturated carbocycles. The Morgan fingerprint density at radius 3 is 3.14 bits per heavy atom. The molecular weight excluding hydrogens is 298 g/mol. The summed E-state index contributed by atoms with van der Waals surface area (Å²) in [6.45, 7) is 4.35. The number of aromatic nitrogens is 3. The van der Waals surface area contributed by atoms with E-state index in [1.54, 1.807) is 6.33 Å². The second-order valence-corrected chi connectivity index (χ2v) is 6.07. The molecule has 1 aromatic carbocycles. The van der Waals surface area contributed by atoms with E-state index in [-0.39, 0.29) is 12.4 Å². The quantitative estimate of drug-likeness (QED) is 0.913. The summed E-state index contributed by atoms with van der Waals surface area (Å²) in [5.74, 6) is 1.53. The van der Waals surface area contributed by atoms with E-state index in [1.807, 2.05) is 0 Å². The fraction of sp³-hybridized carbons (Fsp3) is 0.500. The van der Waals surface area contributed by atoms with Gasteiger partial charge < -0.3 is 5.32 Å². The lowest BCUT2D eigenvalue weighted by molar-refractivity contribution is 0.197. The molecule has 2 aliphatic heterocycles. The summed E-state index contributed by atoms with van der Waals surface area (Å²) in [6.07, 6.45) is 5.21. The third kappa shape index (κ3) is 2.96. The fourth-order valence-electron chi connectivity index (χ4n) is 3.62. The topological polar surface area (TPSA) is 56.8 Å². The molecule has 2 aliphatic rings. The summed E-state index contributed by atoms with van der Waals surface area (Å²) in [7, 11) is 0. The van der Waals surface area contributed by atoms with Gasteiger partial charge in [0.25, 0.3) is 0 Å². The number of piperidine rings is 1. The summed E-state index contributed by atoms with van der Waals surface area (Å²) in [4.78, 5) is 6.88. The monoisotopic (exact) mass is 319 g/mol. The Kier molecular flexibility index (Phi) is 4.64. The van der Waals surface area contributed by atoms with Crippen molar-refractivity contribution in [2.75, 3.05) is 25.0 Å². The van der Waals surface area contributed by atoms with Gasteiger partial charge in [-0.1, -0.05) is 18.2 Å². The summed E-state index contributed by atoms with van der Waals surface area (Å²) in [6, 6.07) is 6.70. The first-order valence-corrected chi connectivity index (χ1v) is 7.82. The van der Waals surface area contributed by atoms with Crippen molar-refractivity contribution in [3.63, 3.8) is 0 Å². The third-order valence-electron chi connectivity index (χ3n) is 4.65. The Labute approximate surface area is 136 Å². The van der Waals surface area contributed by atoms with Gasteiger partial charge in [-0.15, -0.1) is 12.4 Å². The fourth-order valence-corrected chi connectivity index (χ4v) is 3.62. The van der Waals surface area contributed by atoms with Gasteiger partial charge in [0, 0.05) is 31.2 Å². The summed E-state index contributed by atoms with van der Waals surface area (Å²) in [5.41, 5.74) is 4.28. The van der Waals surface area contributed by atoms with Crippen molar-refractivity contribution in [2.24, 2.45) is 0 Å². The van der Waals surface area contributed by atoms with E-state index in [4.69, 9.17) is 0 Å². The highest BCUT2D eigenvalue weighted by molar-refractivity contribution is 5.85. The number of para-hydroxylation sites is 1. The van der Waals surface area contributed by atoms with E-state index < -0.39 is 0 Å². The number of nitrogens with zero attached hydrogens (tertiary/aromatic N) is 3. The van der Waals surface area contributed by atoms with Crippen LogP contribution in [0.15, 0.2) is 24.5 Å². The highest BCUT2D eigenvalue weighted by Gasteiger charge is 2.24. The molecule has 0 spiro atoms. The van der Waals surface area contributed by atoms with Crippen LogP contribution in [0.2, 0.25) is 0 Å². The zero-order valence-electron chi connectivity index (χ0n) is 12.6. The molecule has 5 nitrogen and oxygen atoms in total. The molecule has 1 fully saturated rings. The maximum absolute atomic E-state index is 4.33. The van der Waals surface area contributed by atoms with Crippen LogP contribution in [0.1, 0.15) is 35.7 Å². The van der Waals surface area contributed by atoms with Crippen molar-refractivity contribution in [1.82, 2.24) is 20.1 Å². The molecule has 3 heterocycles. The highest BCUT2D eigenvalue weighted by Crippen LogP contribution is 2.30. The van der Waals surface area contributed by atoms with Gasteiger partial charge in [0.2, 0.25) is 0 Å². The van der Waals surface area contributed by atoms with Crippen molar-refractivity contribution in [3.8, 4) is 0 Å². The Balaban J connectivity index is 0.00000144. The Morgan fingerprint density at radius 2 is 2.27 bits per heavy atom. The molecule has 0 bridgehead atoms. The van der Waals surface area contributed by atoms with Crippen LogP contribution in [0.3, 0.4) is 0 Å². The summed E-state index contributed by atoms with van der Waals surface area (Å²) < 4.78 is 0. The van der Waals surface area contributed by atoms with Crippen LogP contribution in [0, 0.1) is 0 Å². The molecule has 2 aromatic rings. The number of hydrogen-bond acceptors (Lipinski definition) is 4. The molecule has 6 heteroatoms. The van der Waals surface area contributed by atoms with Crippen molar-refractivity contribution >= 4 is 18.1 Å². The number of rotatable bonds is 3. The highest BCUT2D eigenvalue weighted by atomic mass is 35.5. The molecule has 1 aromatic heterocycles. The number of hydrogen-bond donors (Lipinski definition) is 2. The van der Waals surface area contributed by atoms with Gasteiger partial charge in [0.05, 0.1) is 0 Å². The lowest BCUT2D eigenvalue weighted by Crippen LogP contribution is -2.34. The van der Waals surface area contributed by atoms with Crippen molar-refractivity contribution in [3.05, 3.63) is 41.5 Å². The molecular formula is C16H22ClN5. The van der Waals surface area contributed by atoms with Crippen molar-refractivity contribution in [1.29, 1.82) is 0 Å². The minimum atomic E-state index is 0. The first kappa shape index (κ1) is 15.3. The first-order valence-electron chi connectivity index (χ1n) is 7.82. The smallest absolute Gasteiger partial charge is 0.137 e. The SMILES string of the molecule is Cl.c1cc2c(c(CN3CCCC(c4ncn[nH]4)C3)c1)NCC2. The standard InChI is InChI=1S/C16H21N5.ClH/c1-3-12-6-7-17-15(12)13(4-1)9-21-8-2-5-14(10-21)16-18-11-19-20-16;/h1,3-4,11,14,17H,2,5-10H2,(H,18,19,20);1H. The lowest BCUT2D eigenvalue weighted by Gasteiger charge is -2.32. The van der Waals surface area contributed by atoms with Gasteiger partial charge in [-0.25, -0.2) is 4.98 Å². The van der Waals surface area contributed by atoms with Gasteiger partial charge >= 0.3 is 0 Å². The van der Waals surface area contributed by atoms with E-state index in [9.17, 15) is 0 Å². The zero-order chi connectivity index (χ0) is 14.1. The van der Waals surface area contributed by atoms with Gasteiger partial charge in [0.1, 0.15) is 12.2 Å². The predicted molar refractivity (Wildman–Crippen MR) is 89.5 cm³/mol. The van der Waals surface area contributed by atoms with Crippen LogP contribution in [0.4, 0.5) is 5.69 Å². The largest absolute Gasteiger partial charge is 0.384 e. The Hall–Kier alpha value is -1.59. The van der Waals surface area contributed by atoms with E-state index >= 15 is 0 Å². The molecule has 0 aliphatic carbocycles.